The summed E-state index contributed by atoms with van der Waals surface area (Å²) >= 11 is 1.58. The summed E-state index contributed by atoms with van der Waals surface area (Å²) in [4.78, 5) is 15.7. The average molecular weight is 263 g/mol. The predicted molar refractivity (Wildman–Crippen MR) is 76.2 cm³/mol. The van der Waals surface area contributed by atoms with Crippen molar-refractivity contribution in [3.05, 3.63) is 35.4 Å². The zero-order valence-corrected chi connectivity index (χ0v) is 11.2. The van der Waals surface area contributed by atoms with E-state index in [1.54, 1.807) is 11.8 Å². The quantitative estimate of drug-likeness (QED) is 0.875. The van der Waals surface area contributed by atoms with E-state index < -0.39 is 0 Å². The summed E-state index contributed by atoms with van der Waals surface area (Å²) in [5, 5.41) is 6.29. The lowest BCUT2D eigenvalue weighted by Crippen LogP contribution is -2.38. The van der Waals surface area contributed by atoms with E-state index in [9.17, 15) is 4.79 Å². The minimum absolute atomic E-state index is 0.171. The van der Waals surface area contributed by atoms with Crippen LogP contribution in [-0.4, -0.2) is 30.0 Å². The van der Waals surface area contributed by atoms with Gasteiger partial charge in [0, 0.05) is 12.3 Å². The molecule has 0 spiro atoms. The fourth-order valence-electron chi connectivity index (χ4n) is 1.63. The van der Waals surface area contributed by atoms with Crippen LogP contribution >= 0.6 is 11.8 Å². The Labute approximate surface area is 111 Å². The first-order valence-corrected chi connectivity index (χ1v) is 7.00. The van der Waals surface area contributed by atoms with Crippen molar-refractivity contribution in [1.29, 1.82) is 0 Å². The monoisotopic (exact) mass is 263 g/mol. The van der Waals surface area contributed by atoms with Gasteiger partial charge in [-0.1, -0.05) is 41.6 Å². The van der Waals surface area contributed by atoms with Gasteiger partial charge in [0.15, 0.2) is 5.17 Å². The van der Waals surface area contributed by atoms with Gasteiger partial charge >= 0.3 is 6.03 Å². The number of nitrogens with one attached hydrogen (secondary N) is 2. The number of carbonyl (C=O) groups excluding carboxylic acids is 1. The van der Waals surface area contributed by atoms with Crippen molar-refractivity contribution in [1.82, 2.24) is 10.6 Å². The molecule has 0 aromatic heterocycles. The van der Waals surface area contributed by atoms with E-state index >= 15 is 0 Å². The second-order valence-corrected chi connectivity index (χ2v) is 5.24. The maximum atomic E-state index is 11.5. The molecule has 96 valence electrons. The smallest absolute Gasteiger partial charge is 0.320 e. The van der Waals surface area contributed by atoms with Gasteiger partial charge in [0.05, 0.1) is 6.54 Å². The van der Waals surface area contributed by atoms with E-state index in [1.807, 2.05) is 0 Å². The highest BCUT2D eigenvalue weighted by molar-refractivity contribution is 8.14. The second-order valence-electron chi connectivity index (χ2n) is 4.15. The van der Waals surface area contributed by atoms with Gasteiger partial charge in [-0.3, -0.25) is 10.3 Å². The van der Waals surface area contributed by atoms with Crippen molar-refractivity contribution in [2.24, 2.45) is 4.99 Å². The number of urea groups is 1. The van der Waals surface area contributed by atoms with Crippen LogP contribution in [0.3, 0.4) is 0 Å². The third-order valence-electron chi connectivity index (χ3n) is 2.63. The molecule has 1 aliphatic heterocycles. The lowest BCUT2D eigenvalue weighted by atomic mass is 10.1. The van der Waals surface area contributed by atoms with Gasteiger partial charge in [-0.25, -0.2) is 4.79 Å². The van der Waals surface area contributed by atoms with E-state index in [-0.39, 0.29) is 6.03 Å². The molecule has 2 amide bonds. The fourth-order valence-corrected chi connectivity index (χ4v) is 2.35. The SMILES string of the molecule is Cc1ccc(CCNC(=O)NC2=NCCS2)cc1. The van der Waals surface area contributed by atoms with Gasteiger partial charge in [0.1, 0.15) is 0 Å². The Morgan fingerprint density at radius 2 is 2.17 bits per heavy atom. The molecule has 0 bridgehead atoms. The number of nitrogens with zero attached hydrogens (tertiary/aromatic N) is 1. The Hall–Kier alpha value is -1.49. The zero-order chi connectivity index (χ0) is 12.8. The molecule has 1 aliphatic rings. The van der Waals surface area contributed by atoms with Crippen molar-refractivity contribution in [3.63, 3.8) is 0 Å². The van der Waals surface area contributed by atoms with Crippen LogP contribution in [0.25, 0.3) is 0 Å². The van der Waals surface area contributed by atoms with Crippen LogP contribution < -0.4 is 10.6 Å². The first-order chi connectivity index (χ1) is 8.74. The van der Waals surface area contributed by atoms with Gasteiger partial charge in [-0.2, -0.15) is 0 Å². The number of hydrogen-bond acceptors (Lipinski definition) is 3. The molecule has 1 heterocycles. The average Bonchev–Trinajstić information content (AvgIpc) is 2.84. The van der Waals surface area contributed by atoms with Crippen molar-refractivity contribution in [2.75, 3.05) is 18.8 Å². The van der Waals surface area contributed by atoms with Gasteiger partial charge in [-0.05, 0) is 18.9 Å². The second kappa shape index (κ2) is 6.44. The molecule has 4 nitrogen and oxygen atoms in total. The van der Waals surface area contributed by atoms with Crippen molar-refractivity contribution < 1.29 is 4.79 Å². The Morgan fingerprint density at radius 1 is 1.39 bits per heavy atom. The van der Waals surface area contributed by atoms with Crippen molar-refractivity contribution >= 4 is 23.0 Å². The summed E-state index contributed by atoms with van der Waals surface area (Å²) in [6.07, 6.45) is 0.841. The van der Waals surface area contributed by atoms with Gasteiger partial charge < -0.3 is 5.32 Å². The summed E-state index contributed by atoms with van der Waals surface area (Å²) in [5.41, 5.74) is 2.48. The Bertz CT molecular complexity index is 442. The maximum Gasteiger partial charge on any atom is 0.320 e. The number of aliphatic imine (C=N–C) groups is 1. The number of carbonyl (C=O) groups is 1. The highest BCUT2D eigenvalue weighted by Crippen LogP contribution is 2.08. The van der Waals surface area contributed by atoms with Crippen LogP contribution in [0.1, 0.15) is 11.1 Å². The molecular weight excluding hydrogens is 246 g/mol. The Morgan fingerprint density at radius 3 is 2.83 bits per heavy atom. The number of amidine groups is 1. The molecule has 0 saturated heterocycles. The zero-order valence-electron chi connectivity index (χ0n) is 10.4. The van der Waals surface area contributed by atoms with Crippen LogP contribution in [0.2, 0.25) is 0 Å². The number of rotatable bonds is 3. The molecule has 0 unspecified atom stereocenters. The van der Waals surface area contributed by atoms with Crippen LogP contribution in [0.15, 0.2) is 29.3 Å². The van der Waals surface area contributed by atoms with E-state index in [0.29, 0.717) is 6.54 Å². The van der Waals surface area contributed by atoms with E-state index in [1.165, 1.54) is 11.1 Å². The van der Waals surface area contributed by atoms with E-state index in [2.05, 4.69) is 46.8 Å². The molecule has 1 aromatic rings. The third-order valence-corrected chi connectivity index (χ3v) is 3.52. The largest absolute Gasteiger partial charge is 0.337 e. The molecule has 1 aromatic carbocycles. The first-order valence-electron chi connectivity index (χ1n) is 6.02. The minimum atomic E-state index is -0.171. The van der Waals surface area contributed by atoms with Crippen molar-refractivity contribution in [3.8, 4) is 0 Å². The minimum Gasteiger partial charge on any atom is -0.337 e. The summed E-state index contributed by atoms with van der Waals surface area (Å²) in [6.45, 7) is 3.49. The fraction of sp³-hybridized carbons (Fsp3) is 0.385. The number of amides is 2. The summed E-state index contributed by atoms with van der Waals surface area (Å²) in [5.74, 6) is 0.957. The highest BCUT2D eigenvalue weighted by Gasteiger charge is 2.09. The van der Waals surface area contributed by atoms with Crippen LogP contribution in [0, 0.1) is 6.92 Å². The van der Waals surface area contributed by atoms with Gasteiger partial charge in [0.25, 0.3) is 0 Å². The van der Waals surface area contributed by atoms with Crippen LogP contribution in [-0.2, 0) is 6.42 Å². The molecule has 0 radical (unpaired) electrons. The van der Waals surface area contributed by atoms with Crippen LogP contribution in [0.5, 0.6) is 0 Å². The molecule has 0 saturated carbocycles. The molecule has 18 heavy (non-hydrogen) atoms. The first kappa shape index (κ1) is 13.0. The molecule has 5 heteroatoms. The van der Waals surface area contributed by atoms with E-state index in [0.717, 1.165) is 23.9 Å². The maximum absolute atomic E-state index is 11.5. The standard InChI is InChI=1S/C13H17N3OS/c1-10-2-4-11(5-3-10)6-7-14-12(17)16-13-15-8-9-18-13/h2-5H,6-9H2,1H3,(H2,14,15,16,17). The molecule has 2 rings (SSSR count). The topological polar surface area (TPSA) is 53.5 Å². The van der Waals surface area contributed by atoms with Gasteiger partial charge in [0.2, 0.25) is 0 Å². The summed E-state index contributed by atoms with van der Waals surface area (Å²) in [6, 6.07) is 8.17. The molecular formula is C13H17N3OS. The molecule has 0 fully saturated rings. The van der Waals surface area contributed by atoms with Crippen molar-refractivity contribution in [2.45, 2.75) is 13.3 Å². The predicted octanol–water partition coefficient (Wildman–Crippen LogP) is 1.94. The summed E-state index contributed by atoms with van der Waals surface area (Å²) in [7, 11) is 0. The van der Waals surface area contributed by atoms with E-state index in [4.69, 9.17) is 0 Å². The summed E-state index contributed by atoms with van der Waals surface area (Å²) < 4.78 is 0. The lowest BCUT2D eigenvalue weighted by molar-refractivity contribution is 0.245. The highest BCUT2D eigenvalue weighted by atomic mass is 32.2. The third kappa shape index (κ3) is 4.07. The normalized spacial score (nSPS) is 14.2. The number of hydrogen-bond donors (Lipinski definition) is 2. The number of aryl methyl sites for hydroxylation is 1. The molecule has 2 N–H and O–H groups in total. The Kier molecular flexibility index (Phi) is 4.64. The molecule has 0 atom stereocenters. The number of benzene rings is 1. The van der Waals surface area contributed by atoms with Crippen LogP contribution in [0.4, 0.5) is 4.79 Å². The Balaban J connectivity index is 1.68. The molecule has 0 aliphatic carbocycles. The number of thioether (sulfide) groups is 1. The van der Waals surface area contributed by atoms with Gasteiger partial charge in [-0.15, -0.1) is 0 Å². The lowest BCUT2D eigenvalue weighted by Gasteiger charge is -2.07.